The summed E-state index contributed by atoms with van der Waals surface area (Å²) in [5, 5.41) is 9.63. The maximum absolute atomic E-state index is 2.43. The molecule has 0 saturated heterocycles. The van der Waals surface area contributed by atoms with Crippen molar-refractivity contribution < 1.29 is 0 Å². The molecule has 0 spiro atoms. The van der Waals surface area contributed by atoms with Gasteiger partial charge >= 0.3 is 0 Å². The second kappa shape index (κ2) is 8.48. The lowest BCUT2D eigenvalue weighted by molar-refractivity contribution is 1.18. The van der Waals surface area contributed by atoms with Crippen LogP contribution in [0.3, 0.4) is 0 Å². The third kappa shape index (κ3) is 3.13. The molecule has 1 atom stereocenters. The standard InChI is InChI=1S/C36H24NP/c1-3-12-26(13-4-1)37-33-20-9-7-16-29(33)31-19-11-18-28(36(31)37)25-22-23-35-32(24-25)30-17-8-10-21-34(30)38(35)27-14-5-2-6-15-27/h1-24H. The first-order valence-corrected chi connectivity index (χ1v) is 14.4. The van der Waals surface area contributed by atoms with Gasteiger partial charge in [0.2, 0.25) is 0 Å². The summed E-state index contributed by atoms with van der Waals surface area (Å²) in [6.07, 6.45) is 0. The molecule has 0 aliphatic heterocycles. The molecule has 0 bridgehead atoms. The van der Waals surface area contributed by atoms with Crippen LogP contribution in [-0.4, -0.2) is 4.57 Å². The van der Waals surface area contributed by atoms with Gasteiger partial charge in [0, 0.05) is 32.3 Å². The Hall–Kier alpha value is -4.58. The highest BCUT2D eigenvalue weighted by Gasteiger charge is 2.18. The zero-order chi connectivity index (χ0) is 25.1. The topological polar surface area (TPSA) is 4.93 Å². The van der Waals surface area contributed by atoms with Gasteiger partial charge in [0.15, 0.2) is 0 Å². The van der Waals surface area contributed by atoms with Gasteiger partial charge in [0.25, 0.3) is 0 Å². The van der Waals surface area contributed by atoms with Crippen molar-refractivity contribution in [3.63, 3.8) is 0 Å². The summed E-state index contributed by atoms with van der Waals surface area (Å²) in [4.78, 5) is 0. The van der Waals surface area contributed by atoms with E-state index in [2.05, 4.69) is 150 Å². The van der Waals surface area contributed by atoms with Crippen molar-refractivity contribution in [2.75, 3.05) is 0 Å². The molecule has 178 valence electrons. The molecule has 6 aromatic carbocycles. The van der Waals surface area contributed by atoms with E-state index in [4.69, 9.17) is 0 Å². The van der Waals surface area contributed by atoms with E-state index in [0.29, 0.717) is 0 Å². The molecule has 1 nitrogen and oxygen atoms in total. The van der Waals surface area contributed by atoms with E-state index in [1.165, 1.54) is 64.9 Å². The SMILES string of the molecule is c1ccc(-n2c3ccccc3c3cccc(-c4ccc5c(c4)c4ccccc4p5-c4ccccc4)c32)cc1. The molecule has 2 aromatic heterocycles. The molecule has 0 radical (unpaired) electrons. The molecule has 8 rings (SSSR count). The van der Waals surface area contributed by atoms with Gasteiger partial charge < -0.3 is 4.57 Å². The average molecular weight is 502 g/mol. The van der Waals surface area contributed by atoms with Gasteiger partial charge in [-0.15, -0.1) is 0 Å². The molecule has 0 amide bonds. The number of benzene rings is 6. The van der Waals surface area contributed by atoms with Crippen LogP contribution in [0.25, 0.3) is 64.9 Å². The van der Waals surface area contributed by atoms with Crippen LogP contribution in [0.5, 0.6) is 0 Å². The summed E-state index contributed by atoms with van der Waals surface area (Å²) in [5.74, 6) is 0. The minimum Gasteiger partial charge on any atom is -0.309 e. The molecule has 2 heterocycles. The molecule has 38 heavy (non-hydrogen) atoms. The van der Waals surface area contributed by atoms with Gasteiger partial charge in [0.05, 0.1) is 11.0 Å². The number of hydrogen-bond donors (Lipinski definition) is 0. The van der Waals surface area contributed by atoms with Gasteiger partial charge in [-0.3, -0.25) is 0 Å². The Kier molecular flexibility index (Phi) is 4.80. The Labute approximate surface area is 222 Å². The quantitative estimate of drug-likeness (QED) is 0.227. The highest BCUT2D eigenvalue weighted by Crippen LogP contribution is 2.55. The molecule has 0 fully saturated rings. The normalized spacial score (nSPS) is 12.2. The highest BCUT2D eigenvalue weighted by atomic mass is 31.1. The summed E-state index contributed by atoms with van der Waals surface area (Å²) in [5.41, 5.74) is 6.20. The van der Waals surface area contributed by atoms with Crippen molar-refractivity contribution in [2.24, 2.45) is 0 Å². The summed E-state index contributed by atoms with van der Waals surface area (Å²) < 4.78 is 2.43. The Bertz CT molecular complexity index is 2110. The largest absolute Gasteiger partial charge is 0.309 e. The van der Waals surface area contributed by atoms with E-state index in [0.717, 1.165) is 0 Å². The fraction of sp³-hybridized carbons (Fsp3) is 0. The van der Waals surface area contributed by atoms with Crippen LogP contribution in [0.2, 0.25) is 0 Å². The van der Waals surface area contributed by atoms with Crippen molar-refractivity contribution in [3.8, 4) is 22.1 Å². The predicted molar refractivity (Wildman–Crippen MR) is 165 cm³/mol. The molecule has 0 N–H and O–H groups in total. The molecular weight excluding hydrogens is 477 g/mol. The highest BCUT2D eigenvalue weighted by molar-refractivity contribution is 7.67. The monoisotopic (exact) mass is 501 g/mol. The average Bonchev–Trinajstić information content (AvgIpc) is 3.51. The van der Waals surface area contributed by atoms with Crippen molar-refractivity contribution in [3.05, 3.63) is 146 Å². The Morgan fingerprint density at radius 3 is 1.95 bits per heavy atom. The van der Waals surface area contributed by atoms with Crippen molar-refractivity contribution in [1.82, 2.24) is 4.57 Å². The molecule has 0 aliphatic carbocycles. The van der Waals surface area contributed by atoms with Gasteiger partial charge in [-0.1, -0.05) is 123 Å². The van der Waals surface area contributed by atoms with E-state index in [1.54, 1.807) is 0 Å². The third-order valence-electron chi connectivity index (χ3n) is 7.71. The van der Waals surface area contributed by atoms with Gasteiger partial charge in [-0.25, -0.2) is 0 Å². The second-order valence-electron chi connectivity index (χ2n) is 9.81. The first kappa shape index (κ1) is 21.5. The maximum Gasteiger partial charge on any atom is 0.0619 e. The fourth-order valence-corrected chi connectivity index (χ4v) is 8.70. The zero-order valence-corrected chi connectivity index (χ0v) is 21.6. The van der Waals surface area contributed by atoms with Crippen LogP contribution in [0.1, 0.15) is 0 Å². The Morgan fingerprint density at radius 2 is 1.11 bits per heavy atom. The van der Waals surface area contributed by atoms with E-state index in [-0.39, 0.29) is 0 Å². The van der Waals surface area contributed by atoms with Crippen LogP contribution < -0.4 is 0 Å². The first-order valence-electron chi connectivity index (χ1n) is 13.0. The van der Waals surface area contributed by atoms with Crippen LogP contribution in [0.4, 0.5) is 0 Å². The van der Waals surface area contributed by atoms with Crippen LogP contribution in [0, 0.1) is 0 Å². The van der Waals surface area contributed by atoms with E-state index >= 15 is 0 Å². The van der Waals surface area contributed by atoms with Crippen molar-refractivity contribution in [2.45, 2.75) is 0 Å². The number of hydrogen-bond acceptors (Lipinski definition) is 0. The summed E-state index contributed by atoms with van der Waals surface area (Å²) in [6, 6.07) is 53.4. The summed E-state index contributed by atoms with van der Waals surface area (Å²) >= 11 is 0. The lowest BCUT2D eigenvalue weighted by Gasteiger charge is -2.12. The van der Waals surface area contributed by atoms with E-state index in [9.17, 15) is 0 Å². The fourth-order valence-electron chi connectivity index (χ4n) is 6.09. The molecule has 0 aliphatic rings. The smallest absolute Gasteiger partial charge is 0.0619 e. The minimum atomic E-state index is -0.552. The molecule has 8 aromatic rings. The lowest BCUT2D eigenvalue weighted by Crippen LogP contribution is -1.95. The van der Waals surface area contributed by atoms with Crippen LogP contribution >= 0.6 is 7.53 Å². The van der Waals surface area contributed by atoms with Gasteiger partial charge in [-0.05, 0) is 52.0 Å². The van der Waals surface area contributed by atoms with E-state index < -0.39 is 7.53 Å². The first-order chi connectivity index (χ1) is 18.9. The third-order valence-corrected chi connectivity index (χ3v) is 10.3. The molecule has 0 saturated carbocycles. The number of aromatic nitrogens is 1. The number of fused-ring (bicyclic) bond motifs is 6. The molecular formula is C36H24NP. The Morgan fingerprint density at radius 1 is 0.447 bits per heavy atom. The van der Waals surface area contributed by atoms with Crippen LogP contribution in [-0.2, 0) is 0 Å². The molecule has 2 heteroatoms. The number of nitrogens with zero attached hydrogens (tertiary/aromatic N) is 1. The predicted octanol–water partition coefficient (Wildman–Crippen LogP) is 10.7. The Balaban J connectivity index is 1.46. The van der Waals surface area contributed by atoms with Crippen molar-refractivity contribution in [1.29, 1.82) is 0 Å². The maximum atomic E-state index is 2.43. The van der Waals surface area contributed by atoms with E-state index in [1.807, 2.05) is 0 Å². The van der Waals surface area contributed by atoms with Crippen molar-refractivity contribution >= 4 is 50.3 Å². The van der Waals surface area contributed by atoms with Gasteiger partial charge in [0.1, 0.15) is 0 Å². The summed E-state index contributed by atoms with van der Waals surface area (Å²) in [7, 11) is -0.552. The van der Waals surface area contributed by atoms with Crippen LogP contribution in [0.15, 0.2) is 146 Å². The lowest BCUT2D eigenvalue weighted by atomic mass is 10.00. The minimum absolute atomic E-state index is 0.552. The molecule has 1 unspecified atom stereocenters. The number of rotatable bonds is 3. The number of para-hydroxylation sites is 3. The summed E-state index contributed by atoms with van der Waals surface area (Å²) in [6.45, 7) is 0. The zero-order valence-electron chi connectivity index (χ0n) is 20.8. The second-order valence-corrected chi connectivity index (χ2v) is 12.0. The van der Waals surface area contributed by atoms with Gasteiger partial charge in [-0.2, -0.15) is 0 Å².